The number of benzene rings is 2. The lowest BCUT2D eigenvalue weighted by Crippen LogP contribution is -2.48. The van der Waals surface area contributed by atoms with Crippen molar-refractivity contribution in [1.29, 1.82) is 0 Å². The van der Waals surface area contributed by atoms with E-state index in [4.69, 9.17) is 4.74 Å². The number of phenols is 2. The Bertz CT molecular complexity index is 1340. The molecule has 198 valence electrons. The summed E-state index contributed by atoms with van der Waals surface area (Å²) in [6.45, 7) is 1.88. The average molecular weight is 531 g/mol. The van der Waals surface area contributed by atoms with Crippen molar-refractivity contribution >= 4 is 28.9 Å². The van der Waals surface area contributed by atoms with Crippen LogP contribution in [0.25, 0.3) is 17.2 Å². The summed E-state index contributed by atoms with van der Waals surface area (Å²) in [7, 11) is 1.54. The van der Waals surface area contributed by atoms with Gasteiger partial charge in [0.2, 0.25) is 0 Å². The first kappa shape index (κ1) is 24.1. The monoisotopic (exact) mass is 530 g/mol. The van der Waals surface area contributed by atoms with Gasteiger partial charge in [0, 0.05) is 24.2 Å². The zero-order valence-corrected chi connectivity index (χ0v) is 22.6. The Balaban J connectivity index is 1.25. The van der Waals surface area contributed by atoms with Crippen molar-refractivity contribution in [3.63, 3.8) is 0 Å². The number of hydrogen-bond acceptors (Lipinski definition) is 6. The molecule has 4 aliphatic carbocycles. The maximum Gasteiger partial charge on any atom is 0.286 e. The van der Waals surface area contributed by atoms with E-state index >= 15 is 0 Å². The number of carbonyl (C=O) groups excluding carboxylic acids is 1. The fraction of sp³-hybridized carbons (Fsp3) is 0.484. The number of methoxy groups -OCH3 is 1. The summed E-state index contributed by atoms with van der Waals surface area (Å²) in [5.74, 6) is 2.86. The molecule has 2 aliphatic heterocycles. The Labute approximate surface area is 227 Å². The van der Waals surface area contributed by atoms with Gasteiger partial charge in [-0.1, -0.05) is 6.07 Å². The summed E-state index contributed by atoms with van der Waals surface area (Å²) in [6, 6.07) is 9.41. The number of aromatic hydroxyl groups is 2. The Morgan fingerprint density at radius 1 is 1.03 bits per heavy atom. The lowest BCUT2D eigenvalue weighted by atomic mass is 9.48. The molecule has 0 aromatic heterocycles. The number of thioether (sulfide) groups is 1. The first-order valence-corrected chi connectivity index (χ1v) is 14.7. The third-order valence-electron chi connectivity index (χ3n) is 9.52. The molecule has 0 spiro atoms. The van der Waals surface area contributed by atoms with E-state index in [0.29, 0.717) is 22.0 Å². The van der Waals surface area contributed by atoms with E-state index in [2.05, 4.69) is 16.0 Å². The van der Waals surface area contributed by atoms with Crippen molar-refractivity contribution in [3.8, 4) is 28.4 Å². The van der Waals surface area contributed by atoms with Gasteiger partial charge in [-0.2, -0.15) is 4.99 Å². The first-order chi connectivity index (χ1) is 18.4. The number of aliphatic imine (C=N–C) groups is 1. The van der Waals surface area contributed by atoms with Crippen LogP contribution in [0.2, 0.25) is 0 Å². The fourth-order valence-corrected chi connectivity index (χ4v) is 9.21. The molecule has 0 atom stereocenters. The van der Waals surface area contributed by atoms with Crippen LogP contribution in [0.5, 0.6) is 17.2 Å². The molecule has 6 nitrogen and oxygen atoms in total. The minimum absolute atomic E-state index is 0.0321. The fourth-order valence-electron chi connectivity index (χ4n) is 8.25. The highest BCUT2D eigenvalue weighted by atomic mass is 32.2. The smallest absolute Gasteiger partial charge is 0.286 e. The quantitative estimate of drug-likeness (QED) is 0.451. The standard InChI is InChI=1S/C31H34N2O4S/c1-37-26-12-18(13-27-29(36)32-30(38-27)33-6-2-3-7-33)11-23(28(26)35)22-4-5-25(34)24(14-22)31-15-19-8-20(16-31)10-21(9-19)17-31/h4-5,11-14,19-21,34-35H,2-3,6-10,15-17H2,1H3/b27-13+. The molecule has 0 unspecified atom stereocenters. The third-order valence-corrected chi connectivity index (χ3v) is 10.6. The summed E-state index contributed by atoms with van der Waals surface area (Å²) < 4.78 is 5.54. The lowest BCUT2D eigenvalue weighted by Gasteiger charge is -2.57. The number of nitrogens with zero attached hydrogens (tertiary/aromatic N) is 2. The molecular formula is C31H34N2O4S. The Kier molecular flexibility index (Phi) is 5.76. The number of likely N-dealkylation sites (tertiary alicyclic amines) is 1. The molecule has 5 fully saturated rings. The number of carbonyl (C=O) groups is 1. The minimum Gasteiger partial charge on any atom is -0.508 e. The lowest BCUT2D eigenvalue weighted by molar-refractivity contribution is -0.113. The Morgan fingerprint density at radius 3 is 2.37 bits per heavy atom. The van der Waals surface area contributed by atoms with E-state index in [1.54, 1.807) is 12.1 Å². The van der Waals surface area contributed by atoms with E-state index in [0.717, 1.165) is 84.8 Å². The number of amides is 1. The average Bonchev–Trinajstić information content (AvgIpc) is 3.55. The van der Waals surface area contributed by atoms with E-state index in [1.807, 2.05) is 18.2 Å². The normalized spacial score (nSPS) is 30.9. The van der Waals surface area contributed by atoms with Gasteiger partial charge in [0.05, 0.1) is 12.0 Å². The summed E-state index contributed by atoms with van der Waals surface area (Å²) in [6.07, 6.45) is 11.6. The van der Waals surface area contributed by atoms with E-state index in [1.165, 1.54) is 38.1 Å². The number of phenolic OH excluding ortho intramolecular Hbond substituents is 2. The van der Waals surface area contributed by atoms with Gasteiger partial charge < -0.3 is 19.8 Å². The van der Waals surface area contributed by atoms with Gasteiger partial charge >= 0.3 is 0 Å². The van der Waals surface area contributed by atoms with Crippen LogP contribution < -0.4 is 4.74 Å². The molecule has 8 rings (SSSR count). The van der Waals surface area contributed by atoms with E-state index < -0.39 is 0 Å². The molecule has 4 bridgehead atoms. The molecule has 2 N–H and O–H groups in total. The van der Waals surface area contributed by atoms with Crippen LogP contribution in [0.1, 0.15) is 62.5 Å². The van der Waals surface area contributed by atoms with Gasteiger partial charge in [-0.3, -0.25) is 4.79 Å². The Hall–Kier alpha value is -2.93. The molecule has 2 aromatic rings. The molecular weight excluding hydrogens is 496 g/mol. The summed E-state index contributed by atoms with van der Waals surface area (Å²) >= 11 is 1.42. The zero-order valence-electron chi connectivity index (χ0n) is 21.8. The number of hydrogen-bond donors (Lipinski definition) is 2. The van der Waals surface area contributed by atoms with Gasteiger partial charge in [-0.25, -0.2) is 0 Å². The predicted molar refractivity (Wildman–Crippen MR) is 150 cm³/mol. The van der Waals surface area contributed by atoms with Crippen molar-refractivity contribution in [2.24, 2.45) is 22.7 Å². The van der Waals surface area contributed by atoms with Gasteiger partial charge in [-0.15, -0.1) is 0 Å². The highest BCUT2D eigenvalue weighted by Gasteiger charge is 2.52. The van der Waals surface area contributed by atoms with Gasteiger partial charge in [0.1, 0.15) is 5.75 Å². The predicted octanol–water partition coefficient (Wildman–Crippen LogP) is 6.31. The minimum atomic E-state index is -0.223. The van der Waals surface area contributed by atoms with Crippen LogP contribution >= 0.6 is 11.8 Å². The number of amidine groups is 1. The van der Waals surface area contributed by atoms with Crippen molar-refractivity contribution < 1.29 is 19.7 Å². The summed E-state index contributed by atoms with van der Waals surface area (Å²) in [5.41, 5.74) is 3.32. The third kappa shape index (κ3) is 4.01. The van der Waals surface area contributed by atoms with Gasteiger partial charge in [0.15, 0.2) is 16.7 Å². The molecule has 4 saturated carbocycles. The van der Waals surface area contributed by atoms with Crippen LogP contribution in [0.15, 0.2) is 40.2 Å². The largest absolute Gasteiger partial charge is 0.508 e. The van der Waals surface area contributed by atoms with Crippen LogP contribution in [0.3, 0.4) is 0 Å². The molecule has 1 amide bonds. The zero-order chi connectivity index (χ0) is 26.0. The molecule has 2 aromatic carbocycles. The van der Waals surface area contributed by atoms with Gasteiger partial charge in [0.25, 0.3) is 5.91 Å². The molecule has 2 heterocycles. The highest BCUT2D eigenvalue weighted by molar-refractivity contribution is 8.18. The highest BCUT2D eigenvalue weighted by Crippen LogP contribution is 2.62. The topological polar surface area (TPSA) is 82.4 Å². The van der Waals surface area contributed by atoms with Crippen molar-refractivity contribution in [3.05, 3.63) is 46.4 Å². The maximum absolute atomic E-state index is 12.7. The van der Waals surface area contributed by atoms with Crippen molar-refractivity contribution in [1.82, 2.24) is 4.90 Å². The summed E-state index contributed by atoms with van der Waals surface area (Å²) in [5, 5.41) is 23.0. The molecule has 7 heteroatoms. The maximum atomic E-state index is 12.7. The first-order valence-electron chi connectivity index (χ1n) is 13.9. The molecule has 6 aliphatic rings. The molecule has 1 saturated heterocycles. The van der Waals surface area contributed by atoms with Crippen molar-refractivity contribution in [2.45, 2.75) is 56.8 Å². The second-order valence-corrected chi connectivity index (χ2v) is 13.1. The van der Waals surface area contributed by atoms with E-state index in [9.17, 15) is 15.0 Å². The van der Waals surface area contributed by atoms with Crippen LogP contribution in [-0.2, 0) is 10.2 Å². The molecule has 38 heavy (non-hydrogen) atoms. The van der Waals surface area contributed by atoms with Crippen LogP contribution in [0, 0.1) is 17.8 Å². The molecule has 0 radical (unpaired) electrons. The number of ether oxygens (including phenoxy) is 1. The van der Waals surface area contributed by atoms with Crippen LogP contribution in [0.4, 0.5) is 0 Å². The number of rotatable bonds is 4. The van der Waals surface area contributed by atoms with Crippen LogP contribution in [-0.4, -0.2) is 46.4 Å². The van der Waals surface area contributed by atoms with E-state index in [-0.39, 0.29) is 17.1 Å². The summed E-state index contributed by atoms with van der Waals surface area (Å²) in [4.78, 5) is 19.7. The SMILES string of the molecule is COc1cc(/C=C2/SC(N3CCCC3)=NC2=O)cc(-c2ccc(O)c(C34CC5CC(CC(C5)C3)C4)c2)c1O. The Morgan fingerprint density at radius 2 is 1.71 bits per heavy atom. The van der Waals surface area contributed by atoms with Gasteiger partial charge in [-0.05, 0) is 128 Å². The second kappa shape index (κ2) is 9.08. The van der Waals surface area contributed by atoms with Crippen molar-refractivity contribution in [2.75, 3.05) is 20.2 Å². The second-order valence-electron chi connectivity index (χ2n) is 12.1.